The molecule has 0 aromatic carbocycles. The fourth-order valence-corrected chi connectivity index (χ4v) is 1.24. The zero-order valence-electron chi connectivity index (χ0n) is 9.93. The average Bonchev–Trinajstić information content (AvgIpc) is 2.17. The van der Waals surface area contributed by atoms with Crippen molar-refractivity contribution in [2.24, 2.45) is 10.6 Å². The predicted octanol–water partition coefficient (Wildman–Crippen LogP) is 1.58. The number of carbonyl (C=O) groups is 1. The fraction of sp³-hybridized carbons (Fsp3) is 0.636. The highest BCUT2D eigenvalue weighted by atomic mass is 16.7. The molecule has 0 unspecified atom stereocenters. The summed E-state index contributed by atoms with van der Waals surface area (Å²) in [5.74, 6) is -0.255. The van der Waals surface area contributed by atoms with Crippen LogP contribution >= 0.6 is 0 Å². The van der Waals surface area contributed by atoms with Gasteiger partial charge in [0, 0.05) is 6.54 Å². The van der Waals surface area contributed by atoms with Gasteiger partial charge in [-0.3, -0.25) is 0 Å². The Labute approximate surface area is 95.3 Å². The number of hydrogen-bond donors (Lipinski definition) is 1. The Balaban J connectivity index is 2.52. The maximum Gasteiger partial charge on any atom is 0.330 e. The molecule has 0 fully saturated rings. The van der Waals surface area contributed by atoms with Gasteiger partial charge in [-0.25, -0.2) is 4.79 Å². The minimum Gasteiger partial charge on any atom is -0.411 e. The van der Waals surface area contributed by atoms with Gasteiger partial charge in [-0.15, -0.1) is 5.06 Å². The quantitative estimate of drug-likeness (QED) is 0.441. The zero-order chi connectivity index (χ0) is 12.2. The van der Waals surface area contributed by atoms with Crippen molar-refractivity contribution in [2.45, 2.75) is 27.2 Å². The normalized spacial score (nSPS) is 18.6. The lowest BCUT2D eigenvalue weighted by Crippen LogP contribution is -2.37. The van der Waals surface area contributed by atoms with E-state index in [1.165, 1.54) is 6.21 Å². The van der Waals surface area contributed by atoms with Gasteiger partial charge in [-0.05, 0) is 32.8 Å². The standard InChI is InChI=1S/C11H18N2O3/c1-11(2,3)10(14)16-13-6-4-5-9(8-13)7-12-15/h5,7,15H,4,6,8H2,1-3H3. The van der Waals surface area contributed by atoms with Crippen LogP contribution in [0, 0.1) is 5.41 Å². The maximum atomic E-state index is 11.6. The Morgan fingerprint density at radius 2 is 2.31 bits per heavy atom. The molecule has 0 spiro atoms. The molecular weight excluding hydrogens is 208 g/mol. The van der Waals surface area contributed by atoms with Crippen molar-refractivity contribution >= 4 is 12.2 Å². The van der Waals surface area contributed by atoms with Gasteiger partial charge < -0.3 is 10.0 Å². The van der Waals surface area contributed by atoms with Gasteiger partial charge in [-0.2, -0.15) is 0 Å². The van der Waals surface area contributed by atoms with Crippen molar-refractivity contribution in [3.63, 3.8) is 0 Å². The van der Waals surface area contributed by atoms with Crippen molar-refractivity contribution in [1.29, 1.82) is 0 Å². The van der Waals surface area contributed by atoms with Crippen LogP contribution in [0.3, 0.4) is 0 Å². The van der Waals surface area contributed by atoms with E-state index in [1.54, 1.807) is 5.06 Å². The number of hydroxylamine groups is 2. The molecule has 90 valence electrons. The van der Waals surface area contributed by atoms with E-state index in [0.717, 1.165) is 12.0 Å². The highest BCUT2D eigenvalue weighted by Gasteiger charge is 2.26. The Bertz CT molecular complexity index is 316. The van der Waals surface area contributed by atoms with Crippen molar-refractivity contribution in [1.82, 2.24) is 5.06 Å². The molecule has 0 saturated heterocycles. The van der Waals surface area contributed by atoms with Crippen molar-refractivity contribution < 1.29 is 14.8 Å². The minimum atomic E-state index is -0.508. The van der Waals surface area contributed by atoms with Crippen LogP contribution in [0.4, 0.5) is 0 Å². The summed E-state index contributed by atoms with van der Waals surface area (Å²) in [5.41, 5.74) is 0.335. The van der Waals surface area contributed by atoms with Crippen LogP contribution in [0.5, 0.6) is 0 Å². The Kier molecular flexibility index (Phi) is 4.06. The van der Waals surface area contributed by atoms with Crippen LogP contribution in [0.2, 0.25) is 0 Å². The number of rotatable bonds is 2. The number of hydrogen-bond acceptors (Lipinski definition) is 5. The summed E-state index contributed by atoms with van der Waals surface area (Å²) in [6, 6.07) is 0. The van der Waals surface area contributed by atoms with E-state index in [2.05, 4.69) is 5.16 Å². The van der Waals surface area contributed by atoms with Crippen molar-refractivity contribution in [3.8, 4) is 0 Å². The highest BCUT2D eigenvalue weighted by Crippen LogP contribution is 2.18. The molecule has 1 rings (SSSR count). The van der Waals surface area contributed by atoms with Gasteiger partial charge in [0.25, 0.3) is 0 Å². The van der Waals surface area contributed by atoms with Gasteiger partial charge in [0.1, 0.15) is 0 Å². The van der Waals surface area contributed by atoms with E-state index in [-0.39, 0.29) is 5.97 Å². The molecule has 1 N–H and O–H groups in total. The van der Waals surface area contributed by atoms with E-state index in [1.807, 2.05) is 26.8 Å². The molecule has 0 aliphatic carbocycles. The van der Waals surface area contributed by atoms with E-state index in [0.29, 0.717) is 13.1 Å². The third-order valence-corrected chi connectivity index (χ3v) is 2.19. The van der Waals surface area contributed by atoms with Crippen molar-refractivity contribution in [2.75, 3.05) is 13.1 Å². The van der Waals surface area contributed by atoms with E-state index < -0.39 is 5.41 Å². The third kappa shape index (κ3) is 3.66. The van der Waals surface area contributed by atoms with Crippen LogP contribution in [0.25, 0.3) is 0 Å². The molecule has 1 heterocycles. The highest BCUT2D eigenvalue weighted by molar-refractivity contribution is 5.79. The summed E-state index contributed by atoms with van der Waals surface area (Å²) in [4.78, 5) is 16.9. The maximum absolute atomic E-state index is 11.6. The average molecular weight is 226 g/mol. The summed E-state index contributed by atoms with van der Waals surface area (Å²) in [6.07, 6.45) is 4.09. The second-order valence-corrected chi connectivity index (χ2v) is 4.80. The molecule has 0 bridgehead atoms. The lowest BCUT2D eigenvalue weighted by atomic mass is 9.98. The Morgan fingerprint density at radius 3 is 2.88 bits per heavy atom. The molecule has 1 aliphatic heterocycles. The Morgan fingerprint density at radius 1 is 1.62 bits per heavy atom. The molecular formula is C11H18N2O3. The van der Waals surface area contributed by atoms with Crippen LogP contribution in [0.15, 0.2) is 16.8 Å². The summed E-state index contributed by atoms with van der Waals surface area (Å²) < 4.78 is 0. The van der Waals surface area contributed by atoms with E-state index in [4.69, 9.17) is 10.0 Å². The summed E-state index contributed by atoms with van der Waals surface area (Å²) in [5, 5.41) is 13.0. The summed E-state index contributed by atoms with van der Waals surface area (Å²) in [6.45, 7) is 6.57. The van der Waals surface area contributed by atoms with Gasteiger partial charge in [0.2, 0.25) is 0 Å². The zero-order valence-corrected chi connectivity index (χ0v) is 9.93. The van der Waals surface area contributed by atoms with E-state index >= 15 is 0 Å². The number of nitrogens with zero attached hydrogens (tertiary/aromatic N) is 2. The first-order valence-corrected chi connectivity index (χ1v) is 5.27. The van der Waals surface area contributed by atoms with Crippen LogP contribution in [-0.2, 0) is 9.63 Å². The molecule has 5 nitrogen and oxygen atoms in total. The molecule has 5 heteroatoms. The molecule has 0 aromatic rings. The SMILES string of the molecule is CC(C)(C)C(=O)ON1CCC=C(C=NO)C1. The van der Waals surface area contributed by atoms with E-state index in [9.17, 15) is 4.79 Å². The monoisotopic (exact) mass is 226 g/mol. The number of carbonyl (C=O) groups excluding carboxylic acids is 1. The molecule has 0 radical (unpaired) electrons. The molecule has 16 heavy (non-hydrogen) atoms. The summed E-state index contributed by atoms with van der Waals surface area (Å²) >= 11 is 0. The number of oxime groups is 1. The lowest BCUT2D eigenvalue weighted by Gasteiger charge is -2.27. The third-order valence-electron chi connectivity index (χ3n) is 2.19. The Hall–Kier alpha value is -1.36. The van der Waals surface area contributed by atoms with Gasteiger partial charge >= 0.3 is 5.97 Å². The summed E-state index contributed by atoms with van der Waals surface area (Å²) in [7, 11) is 0. The van der Waals surface area contributed by atoms with Gasteiger partial charge in [0.05, 0.1) is 18.2 Å². The molecule has 0 saturated carbocycles. The topological polar surface area (TPSA) is 62.1 Å². The largest absolute Gasteiger partial charge is 0.411 e. The van der Waals surface area contributed by atoms with Crippen LogP contribution in [-0.4, -0.2) is 35.5 Å². The predicted molar refractivity (Wildman–Crippen MR) is 60.1 cm³/mol. The van der Waals surface area contributed by atoms with Crippen LogP contribution in [0.1, 0.15) is 27.2 Å². The first-order chi connectivity index (χ1) is 7.43. The second-order valence-electron chi connectivity index (χ2n) is 4.80. The van der Waals surface area contributed by atoms with Crippen molar-refractivity contribution in [3.05, 3.63) is 11.6 Å². The molecule has 0 aromatic heterocycles. The smallest absolute Gasteiger partial charge is 0.330 e. The lowest BCUT2D eigenvalue weighted by molar-refractivity contribution is -0.198. The first-order valence-electron chi connectivity index (χ1n) is 5.27. The van der Waals surface area contributed by atoms with Gasteiger partial charge in [-0.1, -0.05) is 11.2 Å². The second kappa shape index (κ2) is 5.12. The fourth-order valence-electron chi connectivity index (χ4n) is 1.24. The van der Waals surface area contributed by atoms with Crippen LogP contribution < -0.4 is 0 Å². The van der Waals surface area contributed by atoms with Gasteiger partial charge in [0.15, 0.2) is 0 Å². The molecule has 1 aliphatic rings. The minimum absolute atomic E-state index is 0.255. The molecule has 0 atom stereocenters. The first kappa shape index (κ1) is 12.7. The molecule has 0 amide bonds.